The highest BCUT2D eigenvalue weighted by atomic mass is 16.2. The third-order valence-corrected chi connectivity index (χ3v) is 3.83. The van der Waals surface area contributed by atoms with Crippen molar-refractivity contribution in [1.29, 1.82) is 0 Å². The maximum atomic E-state index is 12.3. The van der Waals surface area contributed by atoms with Crippen molar-refractivity contribution in [2.24, 2.45) is 0 Å². The lowest BCUT2D eigenvalue weighted by Gasteiger charge is -2.34. The average Bonchev–Trinajstić information content (AvgIpc) is 2.95. The summed E-state index contributed by atoms with van der Waals surface area (Å²) in [5.41, 5.74) is 2.75. The highest BCUT2D eigenvalue weighted by molar-refractivity contribution is 5.92. The number of nitrogens with one attached hydrogen (secondary N) is 1. The molecule has 1 aliphatic heterocycles. The number of nitrogens with zero attached hydrogens (tertiary/aromatic N) is 3. The standard InChI is InChI=1S/C16H20N4O/c1-13-11-15(18-17-13)16(21)20-9-7-19(8-10-20)12-14-5-3-2-4-6-14/h2-6,11H,7-10,12H2,1H3,(H,17,18). The van der Waals surface area contributed by atoms with Crippen LogP contribution in [0.1, 0.15) is 21.7 Å². The quantitative estimate of drug-likeness (QED) is 0.933. The number of piperazine rings is 1. The van der Waals surface area contributed by atoms with Crippen molar-refractivity contribution < 1.29 is 4.79 Å². The molecule has 0 saturated carbocycles. The van der Waals surface area contributed by atoms with Crippen molar-refractivity contribution in [2.75, 3.05) is 26.2 Å². The fraction of sp³-hybridized carbons (Fsp3) is 0.375. The molecule has 3 rings (SSSR count). The van der Waals surface area contributed by atoms with Crippen molar-refractivity contribution in [2.45, 2.75) is 13.5 Å². The lowest BCUT2D eigenvalue weighted by molar-refractivity contribution is 0.0622. The van der Waals surface area contributed by atoms with Gasteiger partial charge in [0.2, 0.25) is 0 Å². The third kappa shape index (κ3) is 3.31. The molecular formula is C16H20N4O. The predicted octanol–water partition coefficient (Wildman–Crippen LogP) is 1.68. The van der Waals surface area contributed by atoms with E-state index in [2.05, 4.69) is 39.4 Å². The van der Waals surface area contributed by atoms with Gasteiger partial charge in [-0.1, -0.05) is 30.3 Å². The fourth-order valence-electron chi connectivity index (χ4n) is 2.64. The van der Waals surface area contributed by atoms with Gasteiger partial charge in [-0.15, -0.1) is 0 Å². The smallest absolute Gasteiger partial charge is 0.274 e. The summed E-state index contributed by atoms with van der Waals surface area (Å²) in [5, 5.41) is 6.87. The molecule has 5 heteroatoms. The summed E-state index contributed by atoms with van der Waals surface area (Å²) in [7, 11) is 0. The Balaban J connectivity index is 1.54. The van der Waals surface area contributed by atoms with E-state index in [-0.39, 0.29) is 5.91 Å². The second-order valence-corrected chi connectivity index (χ2v) is 5.49. The first kappa shape index (κ1) is 13.8. The van der Waals surface area contributed by atoms with Crippen molar-refractivity contribution in [3.63, 3.8) is 0 Å². The Morgan fingerprint density at radius 1 is 1.19 bits per heavy atom. The summed E-state index contributed by atoms with van der Waals surface area (Å²) in [5.74, 6) is 0.0266. The summed E-state index contributed by atoms with van der Waals surface area (Å²) >= 11 is 0. The molecule has 0 aliphatic carbocycles. The maximum absolute atomic E-state index is 12.3. The Bertz CT molecular complexity index is 600. The minimum atomic E-state index is 0.0266. The highest BCUT2D eigenvalue weighted by Gasteiger charge is 2.23. The predicted molar refractivity (Wildman–Crippen MR) is 80.9 cm³/mol. The van der Waals surface area contributed by atoms with Gasteiger partial charge in [0, 0.05) is 38.4 Å². The van der Waals surface area contributed by atoms with E-state index >= 15 is 0 Å². The molecule has 0 bridgehead atoms. The van der Waals surface area contributed by atoms with Gasteiger partial charge in [-0.25, -0.2) is 0 Å². The zero-order valence-corrected chi connectivity index (χ0v) is 12.2. The first-order valence-corrected chi connectivity index (χ1v) is 7.30. The van der Waals surface area contributed by atoms with Gasteiger partial charge in [0.1, 0.15) is 5.69 Å². The summed E-state index contributed by atoms with van der Waals surface area (Å²) in [6.07, 6.45) is 0. The molecule has 0 atom stereocenters. The molecule has 21 heavy (non-hydrogen) atoms. The van der Waals surface area contributed by atoms with E-state index in [9.17, 15) is 4.79 Å². The number of hydrogen-bond acceptors (Lipinski definition) is 3. The lowest BCUT2D eigenvalue weighted by atomic mass is 10.2. The van der Waals surface area contributed by atoms with Gasteiger partial charge in [-0.2, -0.15) is 5.10 Å². The van der Waals surface area contributed by atoms with Crippen LogP contribution >= 0.6 is 0 Å². The van der Waals surface area contributed by atoms with Gasteiger partial charge in [0.25, 0.3) is 5.91 Å². The fourth-order valence-corrected chi connectivity index (χ4v) is 2.64. The van der Waals surface area contributed by atoms with Gasteiger partial charge < -0.3 is 4.90 Å². The van der Waals surface area contributed by atoms with Gasteiger partial charge >= 0.3 is 0 Å². The van der Waals surface area contributed by atoms with E-state index in [1.54, 1.807) is 6.07 Å². The van der Waals surface area contributed by atoms with Crippen LogP contribution in [0.5, 0.6) is 0 Å². The normalized spacial score (nSPS) is 16.1. The Hall–Kier alpha value is -2.14. The average molecular weight is 284 g/mol. The van der Waals surface area contributed by atoms with E-state index in [0.29, 0.717) is 5.69 Å². The summed E-state index contributed by atoms with van der Waals surface area (Å²) < 4.78 is 0. The first-order valence-electron chi connectivity index (χ1n) is 7.30. The number of H-pyrrole nitrogens is 1. The van der Waals surface area contributed by atoms with Crippen molar-refractivity contribution in [3.8, 4) is 0 Å². The van der Waals surface area contributed by atoms with Crippen molar-refractivity contribution in [1.82, 2.24) is 20.0 Å². The van der Waals surface area contributed by atoms with E-state index in [4.69, 9.17) is 0 Å². The number of carbonyl (C=O) groups excluding carboxylic acids is 1. The zero-order valence-electron chi connectivity index (χ0n) is 12.2. The third-order valence-electron chi connectivity index (χ3n) is 3.83. The van der Waals surface area contributed by atoms with Gasteiger partial charge in [-0.05, 0) is 18.6 Å². The van der Waals surface area contributed by atoms with Crippen molar-refractivity contribution >= 4 is 5.91 Å². The first-order chi connectivity index (χ1) is 10.2. The number of carbonyl (C=O) groups is 1. The minimum absolute atomic E-state index is 0.0266. The SMILES string of the molecule is Cc1cc(C(=O)N2CCN(Cc3ccccc3)CC2)n[nH]1. The van der Waals surface area contributed by atoms with E-state index in [1.807, 2.05) is 17.9 Å². The topological polar surface area (TPSA) is 52.2 Å². The Morgan fingerprint density at radius 3 is 2.52 bits per heavy atom. The Labute approximate surface area is 124 Å². The molecule has 110 valence electrons. The van der Waals surface area contributed by atoms with Crippen LogP contribution in [0.3, 0.4) is 0 Å². The second-order valence-electron chi connectivity index (χ2n) is 5.49. The van der Waals surface area contributed by atoms with Crippen LogP contribution in [0, 0.1) is 6.92 Å². The summed E-state index contributed by atoms with van der Waals surface area (Å²) in [6, 6.07) is 12.3. The van der Waals surface area contributed by atoms with E-state index < -0.39 is 0 Å². The molecule has 1 fully saturated rings. The molecule has 1 aliphatic rings. The number of benzene rings is 1. The molecule has 0 radical (unpaired) electrons. The molecule has 0 spiro atoms. The number of aromatic amines is 1. The molecule has 2 aromatic rings. The van der Waals surface area contributed by atoms with Crippen LogP contribution in [-0.2, 0) is 6.54 Å². The summed E-state index contributed by atoms with van der Waals surface area (Å²) in [6.45, 7) is 6.19. The molecule has 5 nitrogen and oxygen atoms in total. The molecule has 1 saturated heterocycles. The van der Waals surface area contributed by atoms with Gasteiger partial charge in [0.05, 0.1) is 0 Å². The van der Waals surface area contributed by atoms with Crippen LogP contribution in [-0.4, -0.2) is 52.1 Å². The molecule has 1 aromatic carbocycles. The zero-order chi connectivity index (χ0) is 14.7. The van der Waals surface area contributed by atoms with Gasteiger partial charge in [-0.3, -0.25) is 14.8 Å². The Morgan fingerprint density at radius 2 is 1.90 bits per heavy atom. The monoisotopic (exact) mass is 284 g/mol. The molecule has 0 unspecified atom stereocenters. The van der Waals surface area contributed by atoms with Gasteiger partial charge in [0.15, 0.2) is 0 Å². The van der Waals surface area contributed by atoms with E-state index in [0.717, 1.165) is 38.4 Å². The molecule has 2 heterocycles. The molecular weight excluding hydrogens is 264 g/mol. The molecule has 1 N–H and O–H groups in total. The number of hydrogen-bond donors (Lipinski definition) is 1. The summed E-state index contributed by atoms with van der Waals surface area (Å²) in [4.78, 5) is 16.6. The lowest BCUT2D eigenvalue weighted by Crippen LogP contribution is -2.48. The number of aryl methyl sites for hydroxylation is 1. The highest BCUT2D eigenvalue weighted by Crippen LogP contribution is 2.11. The Kier molecular flexibility index (Phi) is 4.01. The van der Waals surface area contributed by atoms with E-state index in [1.165, 1.54) is 5.56 Å². The van der Waals surface area contributed by atoms with Crippen LogP contribution < -0.4 is 0 Å². The van der Waals surface area contributed by atoms with Crippen LogP contribution in [0.2, 0.25) is 0 Å². The number of rotatable bonds is 3. The minimum Gasteiger partial charge on any atom is -0.335 e. The molecule has 1 aromatic heterocycles. The second kappa shape index (κ2) is 6.10. The maximum Gasteiger partial charge on any atom is 0.274 e. The van der Waals surface area contributed by atoms with Crippen LogP contribution in [0.25, 0.3) is 0 Å². The van der Waals surface area contributed by atoms with Crippen molar-refractivity contribution in [3.05, 3.63) is 53.3 Å². The largest absolute Gasteiger partial charge is 0.335 e. The van der Waals surface area contributed by atoms with Crippen LogP contribution in [0.4, 0.5) is 0 Å². The number of amides is 1. The number of aromatic nitrogens is 2. The van der Waals surface area contributed by atoms with Crippen LogP contribution in [0.15, 0.2) is 36.4 Å². The molecule has 1 amide bonds.